The minimum Gasteiger partial charge on any atom is -0.382 e. The highest BCUT2D eigenvalue weighted by molar-refractivity contribution is 5.65. The third-order valence-corrected chi connectivity index (χ3v) is 2.38. The van der Waals surface area contributed by atoms with Crippen molar-refractivity contribution in [1.29, 1.82) is 0 Å². The van der Waals surface area contributed by atoms with Gasteiger partial charge in [-0.1, -0.05) is 0 Å². The highest BCUT2D eigenvalue weighted by Gasteiger charge is 2.18. The maximum atomic E-state index is 10.9. The molecule has 0 fully saturated rings. The van der Waals surface area contributed by atoms with Crippen LogP contribution in [0.3, 0.4) is 0 Å². The number of methoxy groups -OCH3 is 1. The molecule has 0 aromatic heterocycles. The molecule has 0 saturated carbocycles. The lowest BCUT2D eigenvalue weighted by Crippen LogP contribution is -2.12. The van der Waals surface area contributed by atoms with Crippen molar-refractivity contribution in [2.45, 2.75) is 0 Å². The number of nitro groups is 2. The average molecular weight is 285 g/mol. The van der Waals surface area contributed by atoms with E-state index in [1.165, 1.54) is 12.1 Å². The van der Waals surface area contributed by atoms with Gasteiger partial charge in [-0.05, 0) is 6.07 Å². The van der Waals surface area contributed by atoms with Crippen molar-refractivity contribution >= 4 is 17.1 Å². The summed E-state index contributed by atoms with van der Waals surface area (Å²) in [5.74, 6) is 0. The Bertz CT molecular complexity index is 479. The van der Waals surface area contributed by atoms with Gasteiger partial charge in [-0.2, -0.15) is 0 Å². The zero-order valence-electron chi connectivity index (χ0n) is 10.9. The predicted octanol–water partition coefficient (Wildman–Crippen LogP) is 1.58. The van der Waals surface area contributed by atoms with Crippen LogP contribution in [0.5, 0.6) is 0 Å². The van der Waals surface area contributed by atoms with E-state index in [-0.39, 0.29) is 17.1 Å². The Morgan fingerprint density at radius 3 is 2.50 bits per heavy atom. The number of anilines is 1. The molecule has 0 heterocycles. The lowest BCUT2D eigenvalue weighted by Gasteiger charge is -2.07. The zero-order valence-corrected chi connectivity index (χ0v) is 10.9. The monoisotopic (exact) mass is 285 g/mol. The summed E-state index contributed by atoms with van der Waals surface area (Å²) in [4.78, 5) is 20.1. The van der Waals surface area contributed by atoms with Crippen LogP contribution in [-0.2, 0) is 9.47 Å². The molecule has 1 aromatic rings. The Hall–Kier alpha value is -2.26. The van der Waals surface area contributed by atoms with E-state index in [1.807, 2.05) is 0 Å². The molecule has 0 aliphatic rings. The minimum atomic E-state index is -0.676. The van der Waals surface area contributed by atoms with Crippen molar-refractivity contribution < 1.29 is 19.3 Å². The van der Waals surface area contributed by atoms with Crippen molar-refractivity contribution in [2.75, 3.05) is 38.8 Å². The molecule has 1 rings (SSSR count). The fraction of sp³-hybridized carbons (Fsp3) is 0.455. The SMILES string of the molecule is COCCOCCNc1ccc([N+](=O)[O-])cc1[N+](=O)[O-]. The van der Waals surface area contributed by atoms with Gasteiger partial charge in [0.15, 0.2) is 0 Å². The highest BCUT2D eigenvalue weighted by Crippen LogP contribution is 2.28. The molecule has 0 bridgehead atoms. The van der Waals surface area contributed by atoms with Gasteiger partial charge in [0.05, 0.1) is 35.7 Å². The van der Waals surface area contributed by atoms with Crippen molar-refractivity contribution in [3.05, 3.63) is 38.4 Å². The van der Waals surface area contributed by atoms with E-state index >= 15 is 0 Å². The first-order valence-electron chi connectivity index (χ1n) is 5.79. The number of non-ortho nitro benzene ring substituents is 1. The van der Waals surface area contributed by atoms with Crippen molar-refractivity contribution in [1.82, 2.24) is 0 Å². The molecule has 0 amide bonds. The van der Waals surface area contributed by atoms with Crippen LogP contribution in [0.2, 0.25) is 0 Å². The Kier molecular flexibility index (Phi) is 6.33. The molecule has 0 aliphatic carbocycles. The van der Waals surface area contributed by atoms with Gasteiger partial charge in [-0.3, -0.25) is 20.2 Å². The number of nitrogens with one attached hydrogen (secondary N) is 1. The van der Waals surface area contributed by atoms with Crippen LogP contribution in [0.4, 0.5) is 17.1 Å². The lowest BCUT2D eigenvalue weighted by molar-refractivity contribution is -0.393. The largest absolute Gasteiger partial charge is 0.382 e. The Balaban J connectivity index is 2.60. The van der Waals surface area contributed by atoms with Crippen LogP contribution in [0.25, 0.3) is 0 Å². The van der Waals surface area contributed by atoms with E-state index in [4.69, 9.17) is 9.47 Å². The number of hydrogen-bond acceptors (Lipinski definition) is 7. The summed E-state index contributed by atoms with van der Waals surface area (Å²) in [5, 5.41) is 24.3. The fourth-order valence-corrected chi connectivity index (χ4v) is 1.44. The number of rotatable bonds is 9. The molecule has 0 atom stereocenters. The number of benzene rings is 1. The molecule has 0 radical (unpaired) electrons. The third kappa shape index (κ3) is 4.78. The summed E-state index contributed by atoms with van der Waals surface area (Å²) >= 11 is 0. The molecular weight excluding hydrogens is 270 g/mol. The van der Waals surface area contributed by atoms with E-state index in [0.717, 1.165) is 6.07 Å². The first-order valence-corrected chi connectivity index (χ1v) is 5.79. The molecule has 20 heavy (non-hydrogen) atoms. The second-order valence-corrected chi connectivity index (χ2v) is 3.75. The van der Waals surface area contributed by atoms with E-state index in [0.29, 0.717) is 26.4 Å². The number of nitro benzene ring substituents is 2. The zero-order chi connectivity index (χ0) is 15.0. The summed E-state index contributed by atoms with van der Waals surface area (Å²) in [5.41, 5.74) is -0.439. The Labute approximate surface area is 114 Å². The Morgan fingerprint density at radius 2 is 1.90 bits per heavy atom. The maximum absolute atomic E-state index is 10.9. The molecule has 1 aromatic carbocycles. The second kappa shape index (κ2) is 8.02. The molecule has 0 saturated heterocycles. The van der Waals surface area contributed by atoms with Crippen LogP contribution >= 0.6 is 0 Å². The van der Waals surface area contributed by atoms with Gasteiger partial charge in [-0.15, -0.1) is 0 Å². The minimum absolute atomic E-state index is 0.218. The summed E-state index contributed by atoms with van der Waals surface area (Å²) < 4.78 is 9.99. The van der Waals surface area contributed by atoms with Crippen molar-refractivity contribution in [2.24, 2.45) is 0 Å². The van der Waals surface area contributed by atoms with E-state index < -0.39 is 9.85 Å². The van der Waals surface area contributed by atoms with Gasteiger partial charge in [-0.25, -0.2) is 0 Å². The van der Waals surface area contributed by atoms with E-state index in [9.17, 15) is 20.2 Å². The normalized spacial score (nSPS) is 10.2. The summed E-state index contributed by atoms with van der Waals surface area (Å²) in [6.07, 6.45) is 0. The number of nitrogens with zero attached hydrogens (tertiary/aromatic N) is 2. The van der Waals surface area contributed by atoms with Gasteiger partial charge in [0.25, 0.3) is 11.4 Å². The molecule has 0 spiro atoms. The van der Waals surface area contributed by atoms with Crippen molar-refractivity contribution in [3.8, 4) is 0 Å². The maximum Gasteiger partial charge on any atom is 0.299 e. The lowest BCUT2D eigenvalue weighted by atomic mass is 10.2. The van der Waals surface area contributed by atoms with Gasteiger partial charge < -0.3 is 14.8 Å². The van der Waals surface area contributed by atoms with Gasteiger partial charge in [0, 0.05) is 19.7 Å². The number of ether oxygens (including phenoxy) is 2. The summed E-state index contributed by atoms with van der Waals surface area (Å²) in [6.45, 7) is 1.60. The van der Waals surface area contributed by atoms with E-state index in [1.54, 1.807) is 7.11 Å². The molecule has 0 unspecified atom stereocenters. The van der Waals surface area contributed by atoms with Gasteiger partial charge in [0.2, 0.25) is 0 Å². The van der Waals surface area contributed by atoms with Crippen LogP contribution in [0, 0.1) is 20.2 Å². The fourth-order valence-electron chi connectivity index (χ4n) is 1.44. The summed E-state index contributed by atoms with van der Waals surface area (Å²) in [6, 6.07) is 3.45. The van der Waals surface area contributed by atoms with Crippen LogP contribution in [-0.4, -0.2) is 43.3 Å². The average Bonchev–Trinajstić information content (AvgIpc) is 2.42. The summed E-state index contributed by atoms with van der Waals surface area (Å²) in [7, 11) is 1.56. The highest BCUT2D eigenvalue weighted by atomic mass is 16.6. The molecule has 9 heteroatoms. The quantitative estimate of drug-likeness (QED) is 0.415. The second-order valence-electron chi connectivity index (χ2n) is 3.75. The van der Waals surface area contributed by atoms with Gasteiger partial charge >= 0.3 is 0 Å². The van der Waals surface area contributed by atoms with Crippen LogP contribution < -0.4 is 5.32 Å². The molecule has 0 aliphatic heterocycles. The van der Waals surface area contributed by atoms with E-state index in [2.05, 4.69) is 5.32 Å². The van der Waals surface area contributed by atoms with Gasteiger partial charge in [0.1, 0.15) is 5.69 Å². The topological polar surface area (TPSA) is 117 Å². The van der Waals surface area contributed by atoms with Crippen LogP contribution in [0.15, 0.2) is 18.2 Å². The van der Waals surface area contributed by atoms with Crippen LogP contribution in [0.1, 0.15) is 0 Å². The first kappa shape index (κ1) is 15.8. The smallest absolute Gasteiger partial charge is 0.299 e. The first-order chi connectivity index (χ1) is 9.56. The molecule has 110 valence electrons. The standard InChI is InChI=1S/C11H15N3O6/c1-19-6-7-20-5-4-12-10-3-2-9(13(15)16)8-11(10)14(17)18/h2-3,8,12H,4-7H2,1H3. The predicted molar refractivity (Wildman–Crippen MR) is 70.9 cm³/mol. The van der Waals surface area contributed by atoms with Crippen molar-refractivity contribution in [3.63, 3.8) is 0 Å². The number of hydrogen-bond donors (Lipinski definition) is 1. The Morgan fingerprint density at radius 1 is 1.15 bits per heavy atom. The third-order valence-electron chi connectivity index (χ3n) is 2.38. The molecular formula is C11H15N3O6. The molecule has 9 nitrogen and oxygen atoms in total. The molecule has 1 N–H and O–H groups in total.